The van der Waals surface area contributed by atoms with E-state index in [-0.39, 0.29) is 5.82 Å². The zero-order chi connectivity index (χ0) is 14.1. The van der Waals surface area contributed by atoms with Crippen LogP contribution in [0.4, 0.5) is 10.1 Å². The minimum Gasteiger partial charge on any atom is -0.376 e. The predicted octanol–water partition coefficient (Wildman–Crippen LogP) is 4.11. The van der Waals surface area contributed by atoms with Crippen molar-refractivity contribution in [2.45, 2.75) is 0 Å². The molecule has 2 nitrogen and oxygen atoms in total. The molecule has 3 rings (SSSR count). The molecule has 0 bridgehead atoms. The molecule has 1 heterocycles. The van der Waals surface area contributed by atoms with Crippen molar-refractivity contribution < 1.29 is 4.39 Å². The third kappa shape index (κ3) is 2.23. The summed E-state index contributed by atoms with van der Waals surface area (Å²) in [4.78, 5) is 6.78. The lowest BCUT2D eigenvalue weighted by atomic mass is 10.1. The number of hydrogen-bond acceptors (Lipinski definition) is 2. The average molecular weight is 266 g/mol. The molecule has 0 N–H and O–H groups in total. The van der Waals surface area contributed by atoms with Crippen LogP contribution < -0.4 is 4.90 Å². The van der Waals surface area contributed by atoms with Gasteiger partial charge in [0.1, 0.15) is 5.82 Å². The minimum atomic E-state index is -0.233. The summed E-state index contributed by atoms with van der Waals surface area (Å²) in [5, 5.41) is 1.10. The fourth-order valence-corrected chi connectivity index (χ4v) is 2.27. The van der Waals surface area contributed by atoms with Gasteiger partial charge in [0.25, 0.3) is 0 Å². The molecule has 2 aromatic carbocycles. The normalized spacial score (nSPS) is 10.8. The van der Waals surface area contributed by atoms with Crippen molar-refractivity contribution in [3.05, 3.63) is 60.4 Å². The Bertz CT molecular complexity index is 749. The van der Waals surface area contributed by atoms with Crippen molar-refractivity contribution in [2.24, 2.45) is 0 Å². The molecule has 0 spiro atoms. The molecule has 0 radical (unpaired) electrons. The third-order valence-corrected chi connectivity index (χ3v) is 3.32. The first-order chi connectivity index (χ1) is 9.65. The van der Waals surface area contributed by atoms with Crippen LogP contribution in [0, 0.1) is 5.82 Å². The summed E-state index contributed by atoms with van der Waals surface area (Å²) in [6.07, 6.45) is 0. The van der Waals surface area contributed by atoms with E-state index >= 15 is 0 Å². The first kappa shape index (κ1) is 12.6. The van der Waals surface area contributed by atoms with Crippen LogP contribution in [0.5, 0.6) is 0 Å². The maximum Gasteiger partial charge on any atom is 0.123 e. The van der Waals surface area contributed by atoms with Crippen molar-refractivity contribution in [2.75, 3.05) is 19.0 Å². The van der Waals surface area contributed by atoms with Crippen LogP contribution in [0.3, 0.4) is 0 Å². The van der Waals surface area contributed by atoms with Gasteiger partial charge in [0.15, 0.2) is 0 Å². The first-order valence-corrected chi connectivity index (χ1v) is 6.48. The van der Waals surface area contributed by atoms with Crippen molar-refractivity contribution in [3.8, 4) is 11.3 Å². The van der Waals surface area contributed by atoms with E-state index in [9.17, 15) is 4.39 Å². The molecule has 0 amide bonds. The molecular formula is C17H15FN2. The van der Waals surface area contributed by atoms with Crippen LogP contribution in [0.1, 0.15) is 0 Å². The fraction of sp³-hybridized carbons (Fsp3) is 0.118. The molecule has 0 aliphatic rings. The van der Waals surface area contributed by atoms with E-state index in [1.54, 1.807) is 12.1 Å². The highest BCUT2D eigenvalue weighted by Gasteiger charge is 2.06. The van der Waals surface area contributed by atoms with Gasteiger partial charge in [0, 0.05) is 25.0 Å². The summed E-state index contributed by atoms with van der Waals surface area (Å²) in [6, 6.07) is 16.6. The fourth-order valence-electron chi connectivity index (χ4n) is 2.27. The number of para-hydroxylation sites is 1. The molecule has 3 heteroatoms. The van der Waals surface area contributed by atoms with E-state index in [0.717, 1.165) is 27.8 Å². The lowest BCUT2D eigenvalue weighted by molar-refractivity contribution is 0.628. The second-order valence-electron chi connectivity index (χ2n) is 4.95. The highest BCUT2D eigenvalue weighted by Crippen LogP contribution is 2.27. The second-order valence-corrected chi connectivity index (χ2v) is 4.95. The number of nitrogens with zero attached hydrogens (tertiary/aromatic N) is 2. The summed E-state index contributed by atoms with van der Waals surface area (Å²) in [6.45, 7) is 0. The summed E-state index contributed by atoms with van der Waals surface area (Å²) in [5.41, 5.74) is 3.81. The number of rotatable bonds is 2. The summed E-state index contributed by atoms with van der Waals surface area (Å²) in [5.74, 6) is -0.233. The Morgan fingerprint density at radius 3 is 2.35 bits per heavy atom. The van der Waals surface area contributed by atoms with Gasteiger partial charge in [-0.15, -0.1) is 0 Å². The average Bonchev–Trinajstić information content (AvgIpc) is 2.46. The number of pyridine rings is 1. The Balaban J connectivity index is 2.19. The molecule has 0 saturated heterocycles. The molecule has 100 valence electrons. The number of aromatic nitrogens is 1. The molecule has 20 heavy (non-hydrogen) atoms. The Labute approximate surface area is 117 Å². The smallest absolute Gasteiger partial charge is 0.123 e. The van der Waals surface area contributed by atoms with Gasteiger partial charge in [0.05, 0.1) is 16.9 Å². The summed E-state index contributed by atoms with van der Waals surface area (Å²) >= 11 is 0. The maximum absolute atomic E-state index is 13.0. The topological polar surface area (TPSA) is 16.1 Å². The van der Waals surface area contributed by atoms with Crippen LogP contribution in [-0.2, 0) is 0 Å². The maximum atomic E-state index is 13.0. The Morgan fingerprint density at radius 2 is 1.65 bits per heavy atom. The van der Waals surface area contributed by atoms with Gasteiger partial charge >= 0.3 is 0 Å². The van der Waals surface area contributed by atoms with Gasteiger partial charge in [-0.1, -0.05) is 18.2 Å². The molecule has 0 atom stereocenters. The van der Waals surface area contributed by atoms with Crippen LogP contribution in [0.25, 0.3) is 22.2 Å². The predicted molar refractivity (Wildman–Crippen MR) is 81.5 cm³/mol. The summed E-state index contributed by atoms with van der Waals surface area (Å²) in [7, 11) is 4.00. The molecule has 1 aromatic heterocycles. The molecule has 0 aliphatic carbocycles. The van der Waals surface area contributed by atoms with E-state index in [2.05, 4.69) is 0 Å². The number of fused-ring (bicyclic) bond motifs is 1. The third-order valence-electron chi connectivity index (χ3n) is 3.32. The molecule has 0 saturated carbocycles. The molecule has 0 unspecified atom stereocenters. The van der Waals surface area contributed by atoms with Crippen molar-refractivity contribution in [1.82, 2.24) is 4.98 Å². The Hall–Kier alpha value is -2.42. The quantitative estimate of drug-likeness (QED) is 0.694. The van der Waals surface area contributed by atoms with Crippen LogP contribution in [0.15, 0.2) is 54.6 Å². The molecule has 0 fully saturated rings. The van der Waals surface area contributed by atoms with Gasteiger partial charge in [-0.05, 0) is 36.4 Å². The number of anilines is 1. The summed E-state index contributed by atoms with van der Waals surface area (Å²) < 4.78 is 13.0. The zero-order valence-electron chi connectivity index (χ0n) is 11.5. The lowest BCUT2D eigenvalue weighted by Crippen LogP contribution is -2.09. The Morgan fingerprint density at radius 1 is 0.900 bits per heavy atom. The van der Waals surface area contributed by atoms with Crippen LogP contribution in [0.2, 0.25) is 0 Å². The number of benzene rings is 2. The largest absolute Gasteiger partial charge is 0.376 e. The van der Waals surface area contributed by atoms with Gasteiger partial charge in [0.2, 0.25) is 0 Å². The van der Waals surface area contributed by atoms with E-state index in [1.165, 1.54) is 12.1 Å². The van der Waals surface area contributed by atoms with Crippen LogP contribution >= 0.6 is 0 Å². The first-order valence-electron chi connectivity index (χ1n) is 6.48. The van der Waals surface area contributed by atoms with E-state index in [4.69, 9.17) is 4.98 Å². The monoisotopic (exact) mass is 266 g/mol. The van der Waals surface area contributed by atoms with Crippen LogP contribution in [-0.4, -0.2) is 19.1 Å². The highest BCUT2D eigenvalue weighted by atomic mass is 19.1. The van der Waals surface area contributed by atoms with Crippen molar-refractivity contribution in [3.63, 3.8) is 0 Å². The molecule has 0 aliphatic heterocycles. The second kappa shape index (κ2) is 4.93. The van der Waals surface area contributed by atoms with Gasteiger partial charge < -0.3 is 4.90 Å². The molecule has 3 aromatic rings. The van der Waals surface area contributed by atoms with E-state index < -0.39 is 0 Å². The molecular weight excluding hydrogens is 251 g/mol. The van der Waals surface area contributed by atoms with E-state index in [1.807, 2.05) is 49.3 Å². The minimum absolute atomic E-state index is 0.233. The highest BCUT2D eigenvalue weighted by molar-refractivity contribution is 5.92. The number of halogens is 1. The van der Waals surface area contributed by atoms with Gasteiger partial charge in [-0.2, -0.15) is 0 Å². The van der Waals surface area contributed by atoms with Crippen molar-refractivity contribution in [1.29, 1.82) is 0 Å². The van der Waals surface area contributed by atoms with Gasteiger partial charge in [-0.3, -0.25) is 0 Å². The lowest BCUT2D eigenvalue weighted by Gasteiger charge is -2.15. The van der Waals surface area contributed by atoms with Crippen molar-refractivity contribution >= 4 is 16.6 Å². The van der Waals surface area contributed by atoms with E-state index in [0.29, 0.717) is 0 Å². The zero-order valence-corrected chi connectivity index (χ0v) is 11.5. The SMILES string of the molecule is CN(C)c1cccc2ccc(-c3ccc(F)cc3)nc12. The standard InChI is InChI=1S/C17H15FN2/c1-20(2)16-5-3-4-13-8-11-15(19-17(13)16)12-6-9-14(18)10-7-12/h3-11H,1-2H3. The Kier molecular flexibility index (Phi) is 3.11. The van der Waals surface area contributed by atoms with Gasteiger partial charge in [-0.25, -0.2) is 9.37 Å². The number of hydrogen-bond donors (Lipinski definition) is 0.